The second-order valence-corrected chi connectivity index (χ2v) is 15.8. The zero-order valence-corrected chi connectivity index (χ0v) is 33.6. The Kier molecular flexibility index (Phi) is 8.62. The fourth-order valence-corrected chi connectivity index (χ4v) is 9.15. The van der Waals surface area contributed by atoms with Gasteiger partial charge in [-0.1, -0.05) is 164 Å². The maximum absolute atomic E-state index is 6.92. The van der Waals surface area contributed by atoms with E-state index in [0.717, 1.165) is 96.8 Å². The smallest absolute Gasteiger partial charge is 0.165 e. The third kappa shape index (κ3) is 6.17. The normalized spacial score (nSPS) is 16.2. The fourth-order valence-electron chi connectivity index (χ4n) is 9.15. The van der Waals surface area contributed by atoms with Gasteiger partial charge in [-0.2, -0.15) is 0 Å². The van der Waals surface area contributed by atoms with E-state index >= 15 is 0 Å². The van der Waals surface area contributed by atoms with Gasteiger partial charge in [0.2, 0.25) is 0 Å². The van der Waals surface area contributed by atoms with E-state index < -0.39 is 0 Å². The molecule has 3 aliphatic rings. The minimum absolute atomic E-state index is 0.0418. The van der Waals surface area contributed by atoms with Gasteiger partial charge >= 0.3 is 0 Å². The predicted octanol–water partition coefficient (Wildman–Crippen LogP) is 12.7. The summed E-state index contributed by atoms with van der Waals surface area (Å²) in [7, 11) is 0. The van der Waals surface area contributed by atoms with Crippen LogP contribution in [-0.4, -0.2) is 29.5 Å². The number of hydrogen-bond donors (Lipinski definition) is 0. The molecule has 3 aromatic heterocycles. The lowest BCUT2D eigenvalue weighted by molar-refractivity contribution is 0.224. The van der Waals surface area contributed by atoms with Crippen LogP contribution in [0.2, 0.25) is 0 Å². The summed E-state index contributed by atoms with van der Waals surface area (Å²) in [5.74, 6) is 3.48. The zero-order chi connectivity index (χ0) is 41.0. The number of hydrogen-bond acceptors (Lipinski definition) is 6. The van der Waals surface area contributed by atoms with E-state index in [1.807, 2.05) is 60.7 Å². The molecule has 0 N–H and O–H groups in total. The SMILES string of the molecule is C1=CC(c2nc(C3=CC4c5ccccc5OC4c4c3n(-c3ccc(-c5cc(-c6ccccc6)nc(-c6ccccc6)n5)cc3)c3ccccc43)nc(-c3ccccc3)n2)=CCC1. The molecule has 0 radical (unpaired) electrons. The van der Waals surface area contributed by atoms with Crippen LogP contribution in [0.1, 0.15) is 53.3 Å². The number of allylic oxidation sites excluding steroid dienone is 4. The van der Waals surface area contributed by atoms with Gasteiger partial charge in [0, 0.05) is 61.5 Å². The summed E-state index contributed by atoms with van der Waals surface area (Å²) >= 11 is 0. The van der Waals surface area contributed by atoms with E-state index in [4.69, 9.17) is 29.7 Å². The number of ether oxygens (including phenoxy) is 1. The molecule has 2 unspecified atom stereocenters. The average Bonchev–Trinajstić information content (AvgIpc) is 3.91. The highest BCUT2D eigenvalue weighted by Gasteiger charge is 2.43. The lowest BCUT2D eigenvalue weighted by Crippen LogP contribution is -2.18. The molecular weight excluding hydrogens is 761 g/mol. The van der Waals surface area contributed by atoms with E-state index in [1.54, 1.807) is 0 Å². The molecule has 62 heavy (non-hydrogen) atoms. The van der Waals surface area contributed by atoms with E-state index in [-0.39, 0.29) is 12.0 Å². The lowest BCUT2D eigenvalue weighted by Gasteiger charge is -2.26. The fraction of sp³-hybridized carbons (Fsp3) is 0.0727. The molecule has 7 nitrogen and oxygen atoms in total. The Labute approximate surface area is 359 Å². The number of fused-ring (bicyclic) bond motifs is 7. The predicted molar refractivity (Wildman–Crippen MR) is 246 cm³/mol. The molecule has 2 aliphatic carbocycles. The molecule has 0 fully saturated rings. The first kappa shape index (κ1) is 35.9. The van der Waals surface area contributed by atoms with Crippen molar-refractivity contribution in [3.8, 4) is 56.7 Å². The summed E-state index contributed by atoms with van der Waals surface area (Å²) in [6.07, 6.45) is 10.6. The molecule has 0 amide bonds. The van der Waals surface area contributed by atoms with Crippen LogP contribution in [0.3, 0.4) is 0 Å². The number of nitrogens with zero attached hydrogens (tertiary/aromatic N) is 6. The van der Waals surface area contributed by atoms with Crippen molar-refractivity contribution in [2.24, 2.45) is 0 Å². The zero-order valence-electron chi connectivity index (χ0n) is 33.6. The van der Waals surface area contributed by atoms with Crippen LogP contribution in [0.5, 0.6) is 5.75 Å². The molecular formula is C55H38N6O. The first-order chi connectivity index (χ1) is 30.7. The Morgan fingerprint density at radius 2 is 1.11 bits per heavy atom. The van der Waals surface area contributed by atoms with Gasteiger partial charge in [-0.15, -0.1) is 0 Å². The van der Waals surface area contributed by atoms with Gasteiger partial charge in [0.1, 0.15) is 11.9 Å². The van der Waals surface area contributed by atoms with Crippen LogP contribution < -0.4 is 4.74 Å². The summed E-state index contributed by atoms with van der Waals surface area (Å²) in [6, 6.07) is 58.5. The topological polar surface area (TPSA) is 78.6 Å². The molecule has 7 heteroatoms. The maximum atomic E-state index is 6.92. The third-order valence-corrected chi connectivity index (χ3v) is 12.1. The second-order valence-electron chi connectivity index (χ2n) is 15.8. The first-order valence-corrected chi connectivity index (χ1v) is 21.1. The Hall–Kier alpha value is -8.03. The van der Waals surface area contributed by atoms with Crippen LogP contribution in [0.15, 0.2) is 194 Å². The minimum atomic E-state index is -0.232. The Balaban J connectivity index is 1.06. The van der Waals surface area contributed by atoms with Gasteiger partial charge in [-0.3, -0.25) is 0 Å². The quantitative estimate of drug-likeness (QED) is 0.160. The Morgan fingerprint density at radius 3 is 1.82 bits per heavy atom. The summed E-state index contributed by atoms with van der Waals surface area (Å²) < 4.78 is 9.28. The standard InChI is InChI=1S/C55H38N6O/c1-5-17-35(18-6-1)45-34-46(57-52(56-45)37-19-7-2-8-20-37)36-29-31-40(32-30-36)61-47-27-15-13-26-42(47)49-50(61)44(33-43-41-25-14-16-28-48(41)62-51(43)49)55-59-53(38-21-9-3-10-22-38)58-54(60-55)39-23-11-4-12-24-39/h1-3,5-11,13-34,43,51H,4,12H2. The summed E-state index contributed by atoms with van der Waals surface area (Å²) in [6.45, 7) is 0. The highest BCUT2D eigenvalue weighted by molar-refractivity contribution is 5.97. The second kappa shape index (κ2) is 14.9. The van der Waals surface area contributed by atoms with E-state index in [1.165, 1.54) is 0 Å². The number of para-hydroxylation sites is 2. The summed E-state index contributed by atoms with van der Waals surface area (Å²) in [5.41, 5.74) is 13.0. The molecule has 4 heterocycles. The molecule has 0 saturated carbocycles. The molecule has 0 spiro atoms. The molecule has 2 atom stereocenters. The Bertz CT molecular complexity index is 3200. The van der Waals surface area contributed by atoms with Crippen LogP contribution in [0.25, 0.3) is 73.0 Å². The molecule has 0 bridgehead atoms. The van der Waals surface area contributed by atoms with Crippen LogP contribution in [-0.2, 0) is 0 Å². The monoisotopic (exact) mass is 798 g/mol. The number of aromatic nitrogens is 6. The number of benzene rings is 6. The molecule has 294 valence electrons. The molecule has 12 rings (SSSR count). The van der Waals surface area contributed by atoms with Gasteiger partial charge in [0.25, 0.3) is 0 Å². The van der Waals surface area contributed by atoms with Gasteiger partial charge < -0.3 is 9.30 Å². The Morgan fingerprint density at radius 1 is 0.516 bits per heavy atom. The molecule has 6 aromatic carbocycles. The van der Waals surface area contributed by atoms with Crippen LogP contribution in [0.4, 0.5) is 0 Å². The van der Waals surface area contributed by atoms with Crippen molar-refractivity contribution >= 4 is 22.0 Å². The van der Waals surface area contributed by atoms with Crippen LogP contribution >= 0.6 is 0 Å². The number of rotatable bonds is 7. The molecule has 0 saturated heterocycles. The van der Waals surface area contributed by atoms with Crippen molar-refractivity contribution in [3.05, 3.63) is 223 Å². The van der Waals surface area contributed by atoms with Gasteiger partial charge in [0.15, 0.2) is 23.3 Å². The summed E-state index contributed by atoms with van der Waals surface area (Å²) in [4.78, 5) is 25.9. The van der Waals surface area contributed by atoms with Crippen molar-refractivity contribution in [3.63, 3.8) is 0 Å². The highest BCUT2D eigenvalue weighted by atomic mass is 16.5. The summed E-state index contributed by atoms with van der Waals surface area (Å²) in [5, 5.41) is 1.13. The maximum Gasteiger partial charge on any atom is 0.165 e. The van der Waals surface area contributed by atoms with Crippen LogP contribution in [0, 0.1) is 0 Å². The van der Waals surface area contributed by atoms with Gasteiger partial charge in [-0.05, 0) is 43.2 Å². The largest absolute Gasteiger partial charge is 0.484 e. The highest BCUT2D eigenvalue weighted by Crippen LogP contribution is 2.55. The minimum Gasteiger partial charge on any atom is -0.484 e. The third-order valence-electron chi connectivity index (χ3n) is 12.1. The van der Waals surface area contributed by atoms with E-state index in [9.17, 15) is 0 Å². The van der Waals surface area contributed by atoms with Crippen molar-refractivity contribution in [2.45, 2.75) is 24.9 Å². The van der Waals surface area contributed by atoms with Crippen molar-refractivity contribution < 1.29 is 4.74 Å². The molecule has 1 aliphatic heterocycles. The van der Waals surface area contributed by atoms with E-state index in [0.29, 0.717) is 23.3 Å². The van der Waals surface area contributed by atoms with Gasteiger partial charge in [-0.25, -0.2) is 24.9 Å². The average molecular weight is 799 g/mol. The first-order valence-electron chi connectivity index (χ1n) is 21.1. The lowest BCUT2D eigenvalue weighted by atomic mass is 9.82. The van der Waals surface area contributed by atoms with Crippen molar-refractivity contribution in [1.82, 2.24) is 29.5 Å². The van der Waals surface area contributed by atoms with Crippen molar-refractivity contribution in [2.75, 3.05) is 0 Å². The van der Waals surface area contributed by atoms with Gasteiger partial charge in [0.05, 0.1) is 22.6 Å². The van der Waals surface area contributed by atoms with Crippen molar-refractivity contribution in [1.29, 1.82) is 0 Å². The molecule has 9 aromatic rings. The van der Waals surface area contributed by atoms with E-state index in [2.05, 4.69) is 138 Å².